The van der Waals surface area contributed by atoms with Crippen LogP contribution in [0.5, 0.6) is 0 Å². The molecule has 1 heterocycles. The van der Waals surface area contributed by atoms with Gasteiger partial charge in [0.1, 0.15) is 0 Å². The first kappa shape index (κ1) is 11.7. The highest BCUT2D eigenvalue weighted by Gasteiger charge is 2.13. The summed E-state index contributed by atoms with van der Waals surface area (Å²) < 4.78 is 0. The number of allylic oxidation sites excluding steroid dienone is 2. The molecule has 17 heavy (non-hydrogen) atoms. The van der Waals surface area contributed by atoms with Gasteiger partial charge in [0.25, 0.3) is 0 Å². The normalized spacial score (nSPS) is 15.9. The molecule has 1 aliphatic heterocycles. The van der Waals surface area contributed by atoms with Crippen molar-refractivity contribution in [1.29, 1.82) is 0 Å². The van der Waals surface area contributed by atoms with Gasteiger partial charge in [-0.1, -0.05) is 42.5 Å². The van der Waals surface area contributed by atoms with Crippen LogP contribution in [0.4, 0.5) is 0 Å². The van der Waals surface area contributed by atoms with E-state index in [0.717, 1.165) is 12.1 Å². The van der Waals surface area contributed by atoms with Crippen LogP contribution in [0.3, 0.4) is 0 Å². The largest absolute Gasteiger partial charge is 0.363 e. The Morgan fingerprint density at radius 3 is 2.59 bits per heavy atom. The lowest BCUT2D eigenvalue weighted by Gasteiger charge is -2.29. The molecule has 0 aromatic heterocycles. The summed E-state index contributed by atoms with van der Waals surface area (Å²) >= 11 is 0. The minimum atomic E-state index is 0.225. The fraction of sp³-hybridized carbons (Fsp3) is 0.200. The summed E-state index contributed by atoms with van der Waals surface area (Å²) in [7, 11) is 0. The third-order valence-electron chi connectivity index (χ3n) is 2.98. The highest BCUT2D eigenvalue weighted by molar-refractivity contribution is 5.28. The summed E-state index contributed by atoms with van der Waals surface area (Å²) in [6, 6.07) is 8.63. The van der Waals surface area contributed by atoms with E-state index >= 15 is 0 Å². The topological polar surface area (TPSA) is 29.3 Å². The van der Waals surface area contributed by atoms with Crippen LogP contribution in [0.2, 0.25) is 0 Å². The molecule has 0 aliphatic carbocycles. The molecular formula is C15H18N2. The maximum atomic E-state index is 5.60. The van der Waals surface area contributed by atoms with Gasteiger partial charge in [0.05, 0.1) is 6.04 Å². The Labute approximate surface area is 103 Å². The van der Waals surface area contributed by atoms with Gasteiger partial charge in [-0.15, -0.1) is 6.58 Å². The summed E-state index contributed by atoms with van der Waals surface area (Å²) in [5.74, 6) is 0. The van der Waals surface area contributed by atoms with Crippen LogP contribution in [-0.2, 0) is 6.54 Å². The molecule has 2 heteroatoms. The van der Waals surface area contributed by atoms with Crippen LogP contribution < -0.4 is 5.73 Å². The van der Waals surface area contributed by atoms with Crippen LogP contribution in [0, 0.1) is 0 Å². The number of nitrogens with two attached hydrogens (primary N) is 1. The van der Waals surface area contributed by atoms with Gasteiger partial charge in [0.15, 0.2) is 0 Å². The van der Waals surface area contributed by atoms with E-state index in [4.69, 9.17) is 5.73 Å². The molecule has 2 N–H and O–H groups in total. The van der Waals surface area contributed by atoms with E-state index < -0.39 is 0 Å². The van der Waals surface area contributed by atoms with Crippen molar-refractivity contribution in [2.24, 2.45) is 5.73 Å². The predicted molar refractivity (Wildman–Crippen MR) is 72.3 cm³/mol. The van der Waals surface area contributed by atoms with E-state index in [1.54, 1.807) is 0 Å². The predicted octanol–water partition coefficient (Wildman–Crippen LogP) is 2.76. The van der Waals surface area contributed by atoms with Crippen molar-refractivity contribution in [2.75, 3.05) is 6.54 Å². The van der Waals surface area contributed by atoms with E-state index in [-0.39, 0.29) is 6.04 Å². The van der Waals surface area contributed by atoms with Crippen molar-refractivity contribution in [3.8, 4) is 0 Å². The summed E-state index contributed by atoms with van der Waals surface area (Å²) in [5, 5.41) is 0. The maximum absolute atomic E-state index is 5.60. The lowest BCUT2D eigenvalue weighted by atomic mass is 10.0. The SMILES string of the molecule is C=CC(c1ccc(CN)cc1)N1C=CC=CC1. The summed E-state index contributed by atoms with van der Waals surface area (Å²) in [6.07, 6.45) is 10.3. The first-order valence-corrected chi connectivity index (χ1v) is 5.85. The third-order valence-corrected chi connectivity index (χ3v) is 2.98. The highest BCUT2D eigenvalue weighted by atomic mass is 15.1. The zero-order valence-corrected chi connectivity index (χ0v) is 9.92. The molecule has 1 unspecified atom stereocenters. The van der Waals surface area contributed by atoms with Crippen LogP contribution in [0.1, 0.15) is 17.2 Å². The van der Waals surface area contributed by atoms with Crippen LogP contribution in [0.25, 0.3) is 0 Å². The zero-order valence-electron chi connectivity index (χ0n) is 9.92. The van der Waals surface area contributed by atoms with Crippen molar-refractivity contribution in [3.05, 3.63) is 72.5 Å². The van der Waals surface area contributed by atoms with Crippen molar-refractivity contribution >= 4 is 0 Å². The Morgan fingerprint density at radius 2 is 2.06 bits per heavy atom. The van der Waals surface area contributed by atoms with Gasteiger partial charge in [-0.2, -0.15) is 0 Å². The van der Waals surface area contributed by atoms with E-state index in [9.17, 15) is 0 Å². The van der Waals surface area contributed by atoms with Crippen molar-refractivity contribution < 1.29 is 0 Å². The Balaban J connectivity index is 2.19. The molecule has 0 fully saturated rings. The Morgan fingerprint density at radius 1 is 1.29 bits per heavy atom. The monoisotopic (exact) mass is 226 g/mol. The lowest BCUT2D eigenvalue weighted by Crippen LogP contribution is -2.23. The van der Waals surface area contributed by atoms with Crippen molar-refractivity contribution in [3.63, 3.8) is 0 Å². The second-order valence-electron chi connectivity index (χ2n) is 4.09. The van der Waals surface area contributed by atoms with Crippen LogP contribution in [-0.4, -0.2) is 11.4 Å². The van der Waals surface area contributed by atoms with Gasteiger partial charge in [-0.05, 0) is 17.2 Å². The van der Waals surface area contributed by atoms with Gasteiger partial charge in [0.2, 0.25) is 0 Å². The Hall–Kier alpha value is -1.80. The standard InChI is InChI=1S/C15H18N2/c1-2-15(17-10-4-3-5-11-17)14-8-6-13(12-16)7-9-14/h2-10,15H,1,11-12,16H2. The molecule has 0 spiro atoms. The molecule has 1 aromatic rings. The van der Waals surface area contributed by atoms with E-state index in [1.807, 2.05) is 12.2 Å². The van der Waals surface area contributed by atoms with Gasteiger partial charge in [-0.25, -0.2) is 0 Å². The van der Waals surface area contributed by atoms with Gasteiger partial charge in [0, 0.05) is 19.3 Å². The molecule has 1 atom stereocenters. The molecular weight excluding hydrogens is 208 g/mol. The van der Waals surface area contributed by atoms with Crippen molar-refractivity contribution in [2.45, 2.75) is 12.6 Å². The maximum Gasteiger partial charge on any atom is 0.0721 e. The van der Waals surface area contributed by atoms with E-state index in [0.29, 0.717) is 6.54 Å². The summed E-state index contributed by atoms with van der Waals surface area (Å²) in [6.45, 7) is 5.44. The van der Waals surface area contributed by atoms with Gasteiger partial charge in [-0.3, -0.25) is 0 Å². The van der Waals surface area contributed by atoms with E-state index in [2.05, 4.69) is 54.1 Å². The molecule has 0 saturated carbocycles. The quantitative estimate of drug-likeness (QED) is 0.800. The lowest BCUT2D eigenvalue weighted by molar-refractivity contribution is 0.356. The number of benzene rings is 1. The molecule has 0 amide bonds. The first-order valence-electron chi connectivity index (χ1n) is 5.85. The number of rotatable bonds is 4. The van der Waals surface area contributed by atoms with Crippen molar-refractivity contribution in [1.82, 2.24) is 4.90 Å². The van der Waals surface area contributed by atoms with E-state index in [1.165, 1.54) is 5.56 Å². The average molecular weight is 226 g/mol. The second kappa shape index (κ2) is 5.51. The average Bonchev–Trinajstić information content (AvgIpc) is 2.42. The fourth-order valence-corrected chi connectivity index (χ4v) is 2.00. The number of hydrogen-bond acceptors (Lipinski definition) is 2. The number of hydrogen-bond donors (Lipinski definition) is 1. The minimum absolute atomic E-state index is 0.225. The smallest absolute Gasteiger partial charge is 0.0721 e. The van der Waals surface area contributed by atoms with Gasteiger partial charge < -0.3 is 10.6 Å². The van der Waals surface area contributed by atoms with Crippen LogP contribution >= 0.6 is 0 Å². The Kier molecular flexibility index (Phi) is 3.78. The molecule has 0 saturated heterocycles. The molecule has 88 valence electrons. The Bertz CT molecular complexity index is 429. The molecule has 1 aliphatic rings. The highest BCUT2D eigenvalue weighted by Crippen LogP contribution is 2.23. The second-order valence-corrected chi connectivity index (χ2v) is 4.09. The summed E-state index contributed by atoms with van der Waals surface area (Å²) in [5.41, 5.74) is 8.01. The molecule has 2 nitrogen and oxygen atoms in total. The van der Waals surface area contributed by atoms with Gasteiger partial charge >= 0.3 is 0 Å². The molecule has 0 bridgehead atoms. The minimum Gasteiger partial charge on any atom is -0.363 e. The first-order chi connectivity index (χ1) is 8.35. The van der Waals surface area contributed by atoms with Crippen LogP contribution in [0.15, 0.2) is 61.3 Å². The summed E-state index contributed by atoms with van der Waals surface area (Å²) in [4.78, 5) is 2.25. The molecule has 2 rings (SSSR count). The fourth-order valence-electron chi connectivity index (χ4n) is 2.00. The number of nitrogens with zero attached hydrogens (tertiary/aromatic N) is 1. The molecule has 1 aromatic carbocycles. The molecule has 0 radical (unpaired) electrons. The third kappa shape index (κ3) is 2.66. The zero-order chi connectivity index (χ0) is 12.1.